The summed E-state index contributed by atoms with van der Waals surface area (Å²) in [5.74, 6) is -0.511. The molecule has 0 bridgehead atoms. The monoisotopic (exact) mass is 307 g/mol. The molecule has 7 nitrogen and oxygen atoms in total. The maximum atomic E-state index is 11.9. The van der Waals surface area contributed by atoms with Crippen molar-refractivity contribution in [1.82, 2.24) is 10.2 Å². The van der Waals surface area contributed by atoms with Gasteiger partial charge in [0.25, 0.3) is 0 Å². The molecular formula is C12H25N3O4S. The van der Waals surface area contributed by atoms with Crippen LogP contribution in [0.15, 0.2) is 0 Å². The van der Waals surface area contributed by atoms with E-state index in [4.69, 9.17) is 5.73 Å². The minimum atomic E-state index is -3.15. The summed E-state index contributed by atoms with van der Waals surface area (Å²) in [5, 5.41) is 2.69. The zero-order valence-electron chi connectivity index (χ0n) is 12.5. The summed E-state index contributed by atoms with van der Waals surface area (Å²) in [6, 6.07) is -0.910. The number of hydrogen-bond acceptors (Lipinski definition) is 5. The molecule has 0 aromatic heterocycles. The van der Waals surface area contributed by atoms with Crippen molar-refractivity contribution >= 4 is 21.7 Å². The largest absolute Gasteiger partial charge is 0.354 e. The molecule has 8 heteroatoms. The van der Waals surface area contributed by atoms with Gasteiger partial charge < -0.3 is 16.0 Å². The SMILES string of the molecule is CC(C)CNC(=O)CN(C)C(=O)C(N)CCS(C)(=O)=O. The summed E-state index contributed by atoms with van der Waals surface area (Å²) in [7, 11) is -1.68. The van der Waals surface area contributed by atoms with E-state index in [2.05, 4.69) is 5.32 Å². The second kappa shape index (κ2) is 8.21. The first-order valence-electron chi connectivity index (χ1n) is 6.48. The van der Waals surface area contributed by atoms with Gasteiger partial charge in [0, 0.05) is 19.8 Å². The van der Waals surface area contributed by atoms with Crippen LogP contribution in [0.25, 0.3) is 0 Å². The lowest BCUT2D eigenvalue weighted by atomic mass is 10.2. The van der Waals surface area contributed by atoms with E-state index in [9.17, 15) is 18.0 Å². The van der Waals surface area contributed by atoms with E-state index in [0.29, 0.717) is 12.5 Å². The molecule has 1 unspecified atom stereocenters. The molecule has 0 fully saturated rings. The number of nitrogens with one attached hydrogen (secondary N) is 1. The van der Waals surface area contributed by atoms with E-state index in [1.807, 2.05) is 13.8 Å². The van der Waals surface area contributed by atoms with E-state index >= 15 is 0 Å². The van der Waals surface area contributed by atoms with Gasteiger partial charge in [-0.3, -0.25) is 9.59 Å². The third-order valence-electron chi connectivity index (χ3n) is 2.58. The molecular weight excluding hydrogens is 282 g/mol. The summed E-state index contributed by atoms with van der Waals surface area (Å²) in [6.45, 7) is 4.39. The van der Waals surface area contributed by atoms with Gasteiger partial charge in [0.15, 0.2) is 0 Å². The van der Waals surface area contributed by atoms with Crippen LogP contribution in [-0.2, 0) is 19.4 Å². The molecule has 0 saturated carbocycles. The van der Waals surface area contributed by atoms with E-state index in [-0.39, 0.29) is 24.6 Å². The average Bonchev–Trinajstić information content (AvgIpc) is 2.31. The molecule has 0 saturated heterocycles. The Morgan fingerprint density at radius 1 is 1.30 bits per heavy atom. The van der Waals surface area contributed by atoms with Crippen molar-refractivity contribution in [2.45, 2.75) is 26.3 Å². The van der Waals surface area contributed by atoms with E-state index in [1.165, 1.54) is 11.9 Å². The summed E-state index contributed by atoms with van der Waals surface area (Å²) >= 11 is 0. The van der Waals surface area contributed by atoms with Crippen LogP contribution >= 0.6 is 0 Å². The molecule has 0 aliphatic heterocycles. The van der Waals surface area contributed by atoms with Crippen molar-refractivity contribution in [3.63, 3.8) is 0 Å². The van der Waals surface area contributed by atoms with Crippen LogP contribution in [0.3, 0.4) is 0 Å². The van der Waals surface area contributed by atoms with Gasteiger partial charge in [-0.2, -0.15) is 0 Å². The smallest absolute Gasteiger partial charge is 0.239 e. The van der Waals surface area contributed by atoms with Crippen molar-refractivity contribution in [3.05, 3.63) is 0 Å². The maximum Gasteiger partial charge on any atom is 0.239 e. The first-order valence-corrected chi connectivity index (χ1v) is 8.54. The topological polar surface area (TPSA) is 110 Å². The first kappa shape index (κ1) is 18.9. The number of amides is 2. The van der Waals surface area contributed by atoms with Crippen LogP contribution < -0.4 is 11.1 Å². The number of nitrogens with two attached hydrogens (primary N) is 1. The number of rotatable bonds is 8. The predicted molar refractivity (Wildman–Crippen MR) is 77.8 cm³/mol. The number of likely N-dealkylation sites (N-methyl/N-ethyl adjacent to an activating group) is 1. The van der Waals surface area contributed by atoms with Crippen LogP contribution in [0.2, 0.25) is 0 Å². The molecule has 1 atom stereocenters. The van der Waals surface area contributed by atoms with Crippen LogP contribution in [-0.4, -0.2) is 63.3 Å². The second-order valence-electron chi connectivity index (χ2n) is 5.42. The van der Waals surface area contributed by atoms with Crippen molar-refractivity contribution < 1.29 is 18.0 Å². The molecule has 3 N–H and O–H groups in total. The molecule has 2 amide bonds. The quantitative estimate of drug-likeness (QED) is 0.596. The molecule has 20 heavy (non-hydrogen) atoms. The van der Waals surface area contributed by atoms with Crippen LogP contribution in [0.5, 0.6) is 0 Å². The maximum absolute atomic E-state index is 11.9. The van der Waals surface area contributed by atoms with Gasteiger partial charge in [-0.15, -0.1) is 0 Å². The molecule has 0 aliphatic rings. The summed E-state index contributed by atoms with van der Waals surface area (Å²) in [5.41, 5.74) is 5.64. The van der Waals surface area contributed by atoms with Gasteiger partial charge in [-0.1, -0.05) is 13.8 Å². The molecule has 0 aliphatic carbocycles. The van der Waals surface area contributed by atoms with Gasteiger partial charge in [-0.25, -0.2) is 8.42 Å². The van der Waals surface area contributed by atoms with Crippen molar-refractivity contribution in [3.8, 4) is 0 Å². The average molecular weight is 307 g/mol. The Bertz CT molecular complexity index is 434. The molecule has 118 valence electrons. The Kier molecular flexibility index (Phi) is 7.74. The first-order chi connectivity index (χ1) is 9.03. The number of carbonyl (C=O) groups excluding carboxylic acids is 2. The van der Waals surface area contributed by atoms with Gasteiger partial charge >= 0.3 is 0 Å². The highest BCUT2D eigenvalue weighted by molar-refractivity contribution is 7.90. The Labute approximate surface area is 120 Å². The Balaban J connectivity index is 4.23. The Morgan fingerprint density at radius 2 is 1.85 bits per heavy atom. The lowest BCUT2D eigenvalue weighted by Gasteiger charge is -2.21. The fraction of sp³-hybridized carbons (Fsp3) is 0.833. The predicted octanol–water partition coefficient (Wildman–Crippen LogP) is -1.02. The normalized spacial score (nSPS) is 13.1. The lowest BCUT2D eigenvalue weighted by molar-refractivity contribution is -0.135. The molecule has 0 aromatic rings. The number of nitrogens with zero attached hydrogens (tertiary/aromatic N) is 1. The number of carbonyl (C=O) groups is 2. The van der Waals surface area contributed by atoms with Crippen molar-refractivity contribution in [1.29, 1.82) is 0 Å². The zero-order valence-corrected chi connectivity index (χ0v) is 13.4. The summed E-state index contributed by atoms with van der Waals surface area (Å²) in [6.07, 6.45) is 1.14. The van der Waals surface area contributed by atoms with Gasteiger partial charge in [0.2, 0.25) is 11.8 Å². The Hall–Kier alpha value is -1.15. The van der Waals surface area contributed by atoms with E-state index in [1.54, 1.807) is 0 Å². The number of hydrogen-bond donors (Lipinski definition) is 2. The minimum absolute atomic E-state index is 0.0512. The van der Waals surface area contributed by atoms with Crippen molar-refractivity contribution in [2.75, 3.05) is 32.1 Å². The fourth-order valence-electron chi connectivity index (χ4n) is 1.41. The summed E-state index contributed by atoms with van der Waals surface area (Å²) < 4.78 is 22.0. The third kappa shape index (κ3) is 8.87. The van der Waals surface area contributed by atoms with Crippen molar-refractivity contribution in [2.24, 2.45) is 11.7 Å². The Morgan fingerprint density at radius 3 is 2.30 bits per heavy atom. The molecule has 0 spiro atoms. The highest BCUT2D eigenvalue weighted by atomic mass is 32.2. The standard InChI is InChI=1S/C12H25N3O4S/c1-9(2)7-14-11(16)8-15(3)12(17)10(13)5-6-20(4,18)19/h9-10H,5-8,13H2,1-4H3,(H,14,16). The highest BCUT2D eigenvalue weighted by Crippen LogP contribution is 1.98. The van der Waals surface area contributed by atoms with E-state index < -0.39 is 21.8 Å². The van der Waals surface area contributed by atoms with Crippen LogP contribution in [0.1, 0.15) is 20.3 Å². The highest BCUT2D eigenvalue weighted by Gasteiger charge is 2.21. The zero-order chi connectivity index (χ0) is 15.9. The van der Waals surface area contributed by atoms with Crippen LogP contribution in [0, 0.1) is 5.92 Å². The molecule has 0 aromatic carbocycles. The fourth-order valence-corrected chi connectivity index (χ4v) is 2.10. The van der Waals surface area contributed by atoms with E-state index in [0.717, 1.165) is 6.26 Å². The molecule has 0 radical (unpaired) electrons. The lowest BCUT2D eigenvalue weighted by Crippen LogP contribution is -2.46. The third-order valence-corrected chi connectivity index (χ3v) is 3.56. The molecule has 0 rings (SSSR count). The number of sulfone groups is 1. The van der Waals surface area contributed by atoms with Gasteiger partial charge in [0.1, 0.15) is 9.84 Å². The van der Waals surface area contributed by atoms with Gasteiger partial charge in [-0.05, 0) is 12.3 Å². The minimum Gasteiger partial charge on any atom is -0.354 e. The summed E-state index contributed by atoms with van der Waals surface area (Å²) in [4.78, 5) is 24.6. The second-order valence-corrected chi connectivity index (χ2v) is 7.68. The van der Waals surface area contributed by atoms with Crippen LogP contribution in [0.4, 0.5) is 0 Å². The molecule has 0 heterocycles. The van der Waals surface area contributed by atoms with Gasteiger partial charge in [0.05, 0.1) is 18.3 Å².